The lowest BCUT2D eigenvalue weighted by Gasteiger charge is -2.05. The van der Waals surface area contributed by atoms with Gasteiger partial charge in [0.1, 0.15) is 16.8 Å². The maximum Gasteiger partial charge on any atom is 0.341 e. The van der Waals surface area contributed by atoms with E-state index >= 15 is 0 Å². The highest BCUT2D eigenvalue weighted by Crippen LogP contribution is 2.38. The highest BCUT2D eigenvalue weighted by Gasteiger charge is 2.39. The molecule has 1 saturated carbocycles. The normalized spacial score (nSPS) is 13.8. The first kappa shape index (κ1) is 16.3. The van der Waals surface area contributed by atoms with Crippen molar-refractivity contribution in [1.29, 1.82) is 0 Å². The van der Waals surface area contributed by atoms with Gasteiger partial charge in [0.25, 0.3) is 0 Å². The molecule has 2 heterocycles. The number of Topliss-reactive ketones (excluding diaryl/α,β-unsaturated/α-hetero) is 1. The van der Waals surface area contributed by atoms with Crippen LogP contribution in [-0.4, -0.2) is 36.3 Å². The number of nitrogens with zero attached hydrogens (tertiary/aromatic N) is 1. The van der Waals surface area contributed by atoms with E-state index in [4.69, 9.17) is 9.47 Å². The minimum atomic E-state index is -0.720. The number of hydrogen-bond donors (Lipinski definition) is 0. The second kappa shape index (κ2) is 5.98. The van der Waals surface area contributed by atoms with Gasteiger partial charge in [-0.2, -0.15) is 0 Å². The van der Waals surface area contributed by atoms with Gasteiger partial charge >= 0.3 is 11.9 Å². The number of aromatic nitrogens is 1. The van der Waals surface area contributed by atoms with Gasteiger partial charge in [0.15, 0.2) is 5.78 Å². The number of ketones is 1. The third-order valence-electron chi connectivity index (χ3n) is 4.79. The van der Waals surface area contributed by atoms with E-state index in [2.05, 4.69) is 0 Å². The summed E-state index contributed by atoms with van der Waals surface area (Å²) in [5.41, 5.74) is 0.729. The Kier molecular flexibility index (Phi) is 3.76. The van der Waals surface area contributed by atoms with Gasteiger partial charge in [-0.3, -0.25) is 4.79 Å². The van der Waals surface area contributed by atoms with Crippen LogP contribution in [0.3, 0.4) is 0 Å². The number of hydrogen-bond acceptors (Lipinski definition) is 5. The Morgan fingerprint density at radius 1 is 0.962 bits per heavy atom. The first-order valence-corrected chi connectivity index (χ1v) is 8.35. The first-order chi connectivity index (χ1) is 12.6. The Labute approximate surface area is 149 Å². The Morgan fingerprint density at radius 2 is 1.62 bits per heavy atom. The molecule has 2 aromatic heterocycles. The zero-order chi connectivity index (χ0) is 18.4. The van der Waals surface area contributed by atoms with E-state index in [0.29, 0.717) is 5.52 Å². The highest BCUT2D eigenvalue weighted by molar-refractivity contribution is 6.20. The van der Waals surface area contributed by atoms with Gasteiger partial charge in [-0.25, -0.2) is 9.59 Å². The van der Waals surface area contributed by atoms with E-state index in [0.717, 1.165) is 23.6 Å². The third kappa shape index (κ3) is 2.29. The maximum atomic E-state index is 12.9. The predicted molar refractivity (Wildman–Crippen MR) is 94.6 cm³/mol. The van der Waals surface area contributed by atoms with Crippen molar-refractivity contribution < 1.29 is 23.9 Å². The van der Waals surface area contributed by atoms with Gasteiger partial charge in [-0.1, -0.05) is 24.3 Å². The van der Waals surface area contributed by atoms with Crippen LogP contribution in [0.25, 0.3) is 16.3 Å². The number of ether oxygens (including phenoxy) is 2. The summed E-state index contributed by atoms with van der Waals surface area (Å²) in [7, 11) is 2.48. The zero-order valence-electron chi connectivity index (χ0n) is 14.4. The summed E-state index contributed by atoms with van der Waals surface area (Å²) >= 11 is 0. The molecule has 1 fully saturated rings. The largest absolute Gasteiger partial charge is 0.465 e. The van der Waals surface area contributed by atoms with Crippen molar-refractivity contribution in [3.8, 4) is 0 Å². The standard InChI is InChI=1S/C20H17NO5/c1-25-19(23)14-15(20(24)26-2)17(18(22)12-7-8-12)21-10-9-11-5-3-4-6-13(11)16(14)21/h3-6,9-10,12H,7-8H2,1-2H3. The quantitative estimate of drug-likeness (QED) is 0.533. The van der Waals surface area contributed by atoms with E-state index in [-0.39, 0.29) is 28.5 Å². The minimum Gasteiger partial charge on any atom is -0.465 e. The predicted octanol–water partition coefficient (Wildman–Crippen LogP) is 3.26. The summed E-state index contributed by atoms with van der Waals surface area (Å²) in [4.78, 5) is 38.1. The van der Waals surface area contributed by atoms with Crippen LogP contribution in [0.2, 0.25) is 0 Å². The topological polar surface area (TPSA) is 74.1 Å². The molecule has 6 heteroatoms. The van der Waals surface area contributed by atoms with Crippen LogP contribution in [0.4, 0.5) is 0 Å². The average molecular weight is 351 g/mol. The fourth-order valence-electron chi connectivity index (χ4n) is 3.40. The first-order valence-electron chi connectivity index (χ1n) is 8.35. The second-order valence-electron chi connectivity index (χ2n) is 6.34. The Balaban J connectivity index is 2.20. The Morgan fingerprint density at radius 3 is 2.27 bits per heavy atom. The molecule has 1 aliphatic rings. The monoisotopic (exact) mass is 351 g/mol. The van der Waals surface area contributed by atoms with Crippen LogP contribution in [0, 0.1) is 5.92 Å². The summed E-state index contributed by atoms with van der Waals surface area (Å²) in [6.07, 6.45) is 3.29. The summed E-state index contributed by atoms with van der Waals surface area (Å²) in [6, 6.07) is 9.34. The van der Waals surface area contributed by atoms with Crippen LogP contribution >= 0.6 is 0 Å². The molecule has 132 valence electrons. The number of rotatable bonds is 4. The van der Waals surface area contributed by atoms with Gasteiger partial charge in [-0.05, 0) is 24.3 Å². The van der Waals surface area contributed by atoms with Gasteiger partial charge in [-0.15, -0.1) is 0 Å². The average Bonchev–Trinajstić information content (AvgIpc) is 3.46. The molecule has 1 aliphatic carbocycles. The molecule has 0 N–H and O–H groups in total. The van der Waals surface area contributed by atoms with Crippen LogP contribution in [0.1, 0.15) is 44.0 Å². The molecule has 0 saturated heterocycles. The lowest BCUT2D eigenvalue weighted by molar-refractivity contribution is 0.0556. The van der Waals surface area contributed by atoms with E-state index in [1.54, 1.807) is 10.6 Å². The van der Waals surface area contributed by atoms with Crippen molar-refractivity contribution >= 4 is 34.0 Å². The summed E-state index contributed by atoms with van der Waals surface area (Å²) in [6.45, 7) is 0. The number of esters is 2. The number of fused-ring (bicyclic) bond motifs is 3. The lowest BCUT2D eigenvalue weighted by Crippen LogP contribution is -2.15. The van der Waals surface area contributed by atoms with Gasteiger partial charge < -0.3 is 13.9 Å². The van der Waals surface area contributed by atoms with E-state index in [9.17, 15) is 14.4 Å². The van der Waals surface area contributed by atoms with Crippen LogP contribution < -0.4 is 0 Å². The van der Waals surface area contributed by atoms with Crippen molar-refractivity contribution in [2.75, 3.05) is 14.2 Å². The number of carbonyl (C=O) groups excluding carboxylic acids is 3. The Bertz CT molecular complexity index is 1070. The molecule has 1 aromatic carbocycles. The van der Waals surface area contributed by atoms with Crippen LogP contribution in [-0.2, 0) is 9.47 Å². The molecule has 0 bridgehead atoms. The Hall–Kier alpha value is -3.15. The maximum absolute atomic E-state index is 12.9. The van der Waals surface area contributed by atoms with Crippen molar-refractivity contribution in [3.63, 3.8) is 0 Å². The van der Waals surface area contributed by atoms with Gasteiger partial charge in [0.05, 0.1) is 19.7 Å². The molecule has 0 atom stereocenters. The number of methoxy groups -OCH3 is 2. The fourth-order valence-corrected chi connectivity index (χ4v) is 3.40. The van der Waals surface area contributed by atoms with Crippen molar-refractivity contribution in [2.24, 2.45) is 5.92 Å². The molecular weight excluding hydrogens is 334 g/mol. The molecule has 0 aliphatic heterocycles. The molecule has 4 rings (SSSR count). The van der Waals surface area contributed by atoms with Gasteiger partial charge in [0.2, 0.25) is 0 Å². The van der Waals surface area contributed by atoms with Crippen molar-refractivity contribution in [3.05, 3.63) is 53.3 Å². The molecule has 3 aromatic rings. The molecular formula is C20H17NO5. The molecule has 0 unspecified atom stereocenters. The molecule has 26 heavy (non-hydrogen) atoms. The summed E-state index contributed by atoms with van der Waals surface area (Å²) in [5, 5.41) is 1.65. The highest BCUT2D eigenvalue weighted by atomic mass is 16.5. The zero-order valence-corrected chi connectivity index (χ0v) is 14.4. The molecule has 0 spiro atoms. The molecule has 0 amide bonds. The van der Waals surface area contributed by atoms with Crippen molar-refractivity contribution in [2.45, 2.75) is 12.8 Å². The SMILES string of the molecule is COC(=O)c1c(C(=O)OC)c2c3ccccc3ccn2c1C(=O)C1CC1. The molecule has 0 radical (unpaired) electrons. The number of pyridine rings is 1. The fraction of sp³-hybridized carbons (Fsp3) is 0.250. The minimum absolute atomic E-state index is 0.0207. The second-order valence-corrected chi connectivity index (χ2v) is 6.34. The van der Waals surface area contributed by atoms with E-state index in [1.165, 1.54) is 14.2 Å². The van der Waals surface area contributed by atoms with E-state index in [1.807, 2.05) is 30.3 Å². The molecule has 6 nitrogen and oxygen atoms in total. The van der Waals surface area contributed by atoms with E-state index < -0.39 is 11.9 Å². The van der Waals surface area contributed by atoms with Crippen LogP contribution in [0.5, 0.6) is 0 Å². The lowest BCUT2D eigenvalue weighted by atomic mass is 10.0. The number of benzene rings is 1. The number of carbonyl (C=O) groups is 3. The smallest absolute Gasteiger partial charge is 0.341 e. The third-order valence-corrected chi connectivity index (χ3v) is 4.79. The van der Waals surface area contributed by atoms with Crippen molar-refractivity contribution in [1.82, 2.24) is 4.40 Å². The van der Waals surface area contributed by atoms with Crippen LogP contribution in [0.15, 0.2) is 36.5 Å². The van der Waals surface area contributed by atoms with Gasteiger partial charge in [0, 0.05) is 17.5 Å². The summed E-state index contributed by atoms with van der Waals surface area (Å²) < 4.78 is 11.4. The summed E-state index contributed by atoms with van der Waals surface area (Å²) in [5.74, 6) is -1.66.